The van der Waals surface area contributed by atoms with Gasteiger partial charge in [-0.15, -0.1) is 0 Å². The molecule has 0 unspecified atom stereocenters. The van der Waals surface area contributed by atoms with Crippen molar-refractivity contribution in [3.8, 4) is 0 Å². The lowest BCUT2D eigenvalue weighted by Crippen LogP contribution is -2.48. The predicted molar refractivity (Wildman–Crippen MR) is 52.9 cm³/mol. The quantitative estimate of drug-likeness (QED) is 0.650. The summed E-state index contributed by atoms with van der Waals surface area (Å²) in [4.78, 5) is 0. The van der Waals surface area contributed by atoms with E-state index >= 15 is 0 Å². The minimum atomic E-state index is 0.632. The zero-order valence-electron chi connectivity index (χ0n) is 8.64. The maximum absolute atomic E-state index is 3.46. The molecule has 1 fully saturated rings. The molecule has 1 rings (SSSR count). The Bertz CT molecular complexity index is 117. The van der Waals surface area contributed by atoms with Crippen LogP contribution in [0.15, 0.2) is 0 Å². The fourth-order valence-corrected chi connectivity index (χ4v) is 2.10. The van der Waals surface area contributed by atoms with E-state index in [-0.39, 0.29) is 0 Å². The number of hydrogen-bond acceptors (Lipinski definition) is 2. The molecule has 0 bridgehead atoms. The first-order chi connectivity index (χ1) is 5.75. The molecule has 0 amide bonds. The number of nitrogens with zero attached hydrogens (tertiary/aromatic N) is 1. The first-order valence-corrected chi connectivity index (χ1v) is 5.27. The van der Waals surface area contributed by atoms with Gasteiger partial charge in [-0.3, -0.25) is 5.43 Å². The Morgan fingerprint density at radius 3 is 2.33 bits per heavy atom. The van der Waals surface area contributed by atoms with Crippen molar-refractivity contribution in [2.75, 3.05) is 6.54 Å². The van der Waals surface area contributed by atoms with E-state index in [0.717, 1.165) is 12.6 Å². The summed E-state index contributed by atoms with van der Waals surface area (Å²) in [5, 5.41) is 2.44. The Balaban J connectivity index is 2.40. The molecule has 1 aliphatic rings. The lowest BCUT2D eigenvalue weighted by molar-refractivity contribution is 0.0902. The van der Waals surface area contributed by atoms with Gasteiger partial charge in [0.25, 0.3) is 0 Å². The summed E-state index contributed by atoms with van der Waals surface area (Å²) in [5.74, 6) is 0. The monoisotopic (exact) mass is 170 g/mol. The van der Waals surface area contributed by atoms with Gasteiger partial charge in [0.2, 0.25) is 0 Å². The van der Waals surface area contributed by atoms with E-state index in [0.29, 0.717) is 6.04 Å². The Morgan fingerprint density at radius 2 is 1.92 bits per heavy atom. The maximum atomic E-state index is 3.46. The molecule has 1 N–H and O–H groups in total. The van der Waals surface area contributed by atoms with Crippen LogP contribution in [0.4, 0.5) is 0 Å². The van der Waals surface area contributed by atoms with E-state index in [4.69, 9.17) is 0 Å². The van der Waals surface area contributed by atoms with Crippen molar-refractivity contribution in [1.29, 1.82) is 0 Å². The lowest BCUT2D eigenvalue weighted by atomic mass is 10.2. The number of rotatable bonds is 4. The summed E-state index contributed by atoms with van der Waals surface area (Å²) < 4.78 is 0. The molecular weight excluding hydrogens is 148 g/mol. The van der Waals surface area contributed by atoms with E-state index in [1.807, 2.05) is 0 Å². The maximum Gasteiger partial charge on any atom is 0.0246 e. The van der Waals surface area contributed by atoms with Crippen molar-refractivity contribution >= 4 is 0 Å². The fourth-order valence-electron chi connectivity index (χ4n) is 2.10. The van der Waals surface area contributed by atoms with Gasteiger partial charge in [0.05, 0.1) is 0 Å². The van der Waals surface area contributed by atoms with Gasteiger partial charge < -0.3 is 0 Å². The first-order valence-electron chi connectivity index (χ1n) is 5.27. The van der Waals surface area contributed by atoms with Gasteiger partial charge in [-0.1, -0.05) is 19.8 Å². The second-order valence-corrected chi connectivity index (χ2v) is 3.95. The minimum absolute atomic E-state index is 0.632. The van der Waals surface area contributed by atoms with Crippen LogP contribution in [0, 0.1) is 0 Å². The molecule has 1 saturated carbocycles. The molecule has 0 saturated heterocycles. The topological polar surface area (TPSA) is 15.3 Å². The van der Waals surface area contributed by atoms with E-state index in [1.165, 1.54) is 25.7 Å². The van der Waals surface area contributed by atoms with Crippen LogP contribution < -0.4 is 5.43 Å². The summed E-state index contributed by atoms with van der Waals surface area (Å²) in [7, 11) is 0. The van der Waals surface area contributed by atoms with Crippen molar-refractivity contribution < 1.29 is 0 Å². The van der Waals surface area contributed by atoms with Crippen LogP contribution in [0.5, 0.6) is 0 Å². The van der Waals surface area contributed by atoms with Gasteiger partial charge >= 0.3 is 0 Å². The minimum Gasteiger partial charge on any atom is -0.255 e. The lowest BCUT2D eigenvalue weighted by Gasteiger charge is -2.32. The normalized spacial score (nSPS) is 19.8. The molecule has 0 heterocycles. The van der Waals surface area contributed by atoms with Gasteiger partial charge in [0.15, 0.2) is 0 Å². The van der Waals surface area contributed by atoms with E-state index in [2.05, 4.69) is 31.2 Å². The Hall–Kier alpha value is -0.0800. The molecule has 12 heavy (non-hydrogen) atoms. The third-order valence-corrected chi connectivity index (χ3v) is 2.62. The summed E-state index contributed by atoms with van der Waals surface area (Å²) in [6.07, 6.45) is 5.59. The highest BCUT2D eigenvalue weighted by Crippen LogP contribution is 2.23. The molecule has 1 aliphatic carbocycles. The van der Waals surface area contributed by atoms with Gasteiger partial charge in [-0.05, 0) is 26.7 Å². The van der Waals surface area contributed by atoms with Crippen LogP contribution in [0.3, 0.4) is 0 Å². The van der Waals surface area contributed by atoms with Gasteiger partial charge in [-0.25, -0.2) is 5.01 Å². The number of hydrazine groups is 1. The smallest absolute Gasteiger partial charge is 0.0246 e. The van der Waals surface area contributed by atoms with Crippen LogP contribution in [-0.2, 0) is 0 Å². The molecular formula is C10H22N2. The first kappa shape index (κ1) is 10.0. The zero-order chi connectivity index (χ0) is 8.97. The number of nitrogens with one attached hydrogen (secondary N) is 1. The van der Waals surface area contributed by atoms with Gasteiger partial charge in [-0.2, -0.15) is 0 Å². The highest BCUT2D eigenvalue weighted by Gasteiger charge is 2.23. The molecule has 0 aromatic carbocycles. The highest BCUT2D eigenvalue weighted by molar-refractivity contribution is 4.76. The molecule has 0 aromatic heterocycles. The van der Waals surface area contributed by atoms with Crippen LogP contribution in [0.25, 0.3) is 0 Å². The largest absolute Gasteiger partial charge is 0.255 e. The standard InChI is InChI=1S/C10H22N2/c1-4-11-12(9(2)3)10-7-5-6-8-10/h9-11H,4-8H2,1-3H3. The molecule has 0 aromatic rings. The van der Waals surface area contributed by atoms with Gasteiger partial charge in [0.1, 0.15) is 0 Å². The van der Waals surface area contributed by atoms with Crippen molar-refractivity contribution in [3.05, 3.63) is 0 Å². The van der Waals surface area contributed by atoms with E-state index in [9.17, 15) is 0 Å². The Kier molecular flexibility index (Phi) is 4.02. The molecule has 0 aliphatic heterocycles. The molecule has 0 spiro atoms. The molecule has 2 nitrogen and oxygen atoms in total. The molecule has 2 heteroatoms. The second kappa shape index (κ2) is 4.83. The van der Waals surface area contributed by atoms with E-state index in [1.54, 1.807) is 0 Å². The Labute approximate surface area is 76.3 Å². The molecule has 72 valence electrons. The van der Waals surface area contributed by atoms with Crippen molar-refractivity contribution in [1.82, 2.24) is 10.4 Å². The molecule has 0 atom stereocenters. The van der Waals surface area contributed by atoms with Crippen molar-refractivity contribution in [2.45, 2.75) is 58.5 Å². The summed E-state index contributed by atoms with van der Waals surface area (Å²) in [6, 6.07) is 1.43. The van der Waals surface area contributed by atoms with Crippen LogP contribution in [0.2, 0.25) is 0 Å². The van der Waals surface area contributed by atoms with Crippen LogP contribution >= 0.6 is 0 Å². The highest BCUT2D eigenvalue weighted by atomic mass is 15.5. The average molecular weight is 170 g/mol. The van der Waals surface area contributed by atoms with Gasteiger partial charge in [0, 0.05) is 18.6 Å². The van der Waals surface area contributed by atoms with Crippen molar-refractivity contribution in [2.24, 2.45) is 0 Å². The van der Waals surface area contributed by atoms with Crippen LogP contribution in [-0.4, -0.2) is 23.6 Å². The zero-order valence-corrected chi connectivity index (χ0v) is 8.64. The fraction of sp³-hybridized carbons (Fsp3) is 1.00. The predicted octanol–water partition coefficient (Wildman–Crippen LogP) is 2.16. The average Bonchev–Trinajstić information content (AvgIpc) is 2.51. The number of hydrogen-bond donors (Lipinski definition) is 1. The van der Waals surface area contributed by atoms with E-state index < -0.39 is 0 Å². The SMILES string of the molecule is CCNN(C(C)C)C1CCCC1. The third kappa shape index (κ3) is 2.46. The summed E-state index contributed by atoms with van der Waals surface area (Å²) >= 11 is 0. The Morgan fingerprint density at radius 1 is 1.33 bits per heavy atom. The summed E-state index contributed by atoms with van der Waals surface area (Å²) in [5.41, 5.74) is 3.46. The molecule has 0 radical (unpaired) electrons. The van der Waals surface area contributed by atoms with Crippen LogP contribution in [0.1, 0.15) is 46.5 Å². The third-order valence-electron chi connectivity index (χ3n) is 2.62. The second-order valence-electron chi connectivity index (χ2n) is 3.95. The van der Waals surface area contributed by atoms with Crippen molar-refractivity contribution in [3.63, 3.8) is 0 Å². The summed E-state index contributed by atoms with van der Waals surface area (Å²) in [6.45, 7) is 7.75.